The predicted molar refractivity (Wildman–Crippen MR) is 121 cm³/mol. The fraction of sp³-hybridized carbons (Fsp3) is 0.0909. The Hall–Kier alpha value is -3.23. The van der Waals surface area contributed by atoms with Gasteiger partial charge in [0.2, 0.25) is 0 Å². The number of thioether (sulfide) groups is 1. The molecule has 0 bridgehead atoms. The summed E-state index contributed by atoms with van der Waals surface area (Å²) >= 11 is 3.07. The first-order chi connectivity index (χ1) is 14.6. The van der Waals surface area contributed by atoms with Crippen LogP contribution in [0.2, 0.25) is 0 Å². The number of anilines is 1. The SMILES string of the molecule is CSc1cccc2sc(N(Cc3ccccc3)C(=O)c3ccc([N+](=O)[O-])cc3)nc12. The highest BCUT2D eigenvalue weighted by Crippen LogP contribution is 2.35. The summed E-state index contributed by atoms with van der Waals surface area (Å²) in [5, 5.41) is 11.5. The third kappa shape index (κ3) is 4.05. The maximum absolute atomic E-state index is 13.4. The van der Waals surface area contributed by atoms with Gasteiger partial charge in [-0.1, -0.05) is 47.7 Å². The summed E-state index contributed by atoms with van der Waals surface area (Å²) in [7, 11) is 0. The summed E-state index contributed by atoms with van der Waals surface area (Å²) in [6.45, 7) is 0.352. The van der Waals surface area contributed by atoms with Gasteiger partial charge in [0.05, 0.1) is 21.7 Å². The molecule has 0 aliphatic heterocycles. The Morgan fingerprint density at radius 3 is 2.47 bits per heavy atom. The number of non-ortho nitro benzene ring substituents is 1. The maximum Gasteiger partial charge on any atom is 0.269 e. The van der Waals surface area contributed by atoms with Crippen LogP contribution in [0.3, 0.4) is 0 Å². The Morgan fingerprint density at radius 2 is 1.80 bits per heavy atom. The summed E-state index contributed by atoms with van der Waals surface area (Å²) < 4.78 is 1.01. The molecule has 8 heteroatoms. The van der Waals surface area contributed by atoms with Crippen LogP contribution in [0, 0.1) is 10.1 Å². The van der Waals surface area contributed by atoms with Crippen molar-refractivity contribution in [2.75, 3.05) is 11.2 Å². The van der Waals surface area contributed by atoms with E-state index < -0.39 is 4.92 Å². The summed E-state index contributed by atoms with van der Waals surface area (Å²) in [5.41, 5.74) is 2.17. The number of benzene rings is 3. The summed E-state index contributed by atoms with van der Waals surface area (Å²) in [5.74, 6) is -0.251. The zero-order valence-corrected chi connectivity index (χ0v) is 17.7. The number of nitro benzene ring substituents is 1. The fourth-order valence-corrected chi connectivity index (χ4v) is 4.68. The van der Waals surface area contributed by atoms with Crippen molar-refractivity contribution in [1.82, 2.24) is 4.98 Å². The molecule has 1 amide bonds. The highest BCUT2D eigenvalue weighted by Gasteiger charge is 2.23. The van der Waals surface area contributed by atoms with E-state index in [-0.39, 0.29) is 11.6 Å². The first-order valence-electron chi connectivity index (χ1n) is 9.10. The molecule has 0 saturated carbocycles. The predicted octanol–water partition coefficient (Wildman–Crippen LogP) is 5.77. The van der Waals surface area contributed by atoms with E-state index in [1.807, 2.05) is 54.8 Å². The topological polar surface area (TPSA) is 76.3 Å². The first-order valence-corrected chi connectivity index (χ1v) is 11.1. The molecule has 1 heterocycles. The van der Waals surface area contributed by atoms with E-state index in [4.69, 9.17) is 4.98 Å². The van der Waals surface area contributed by atoms with Gasteiger partial charge in [-0.2, -0.15) is 0 Å². The van der Waals surface area contributed by atoms with Gasteiger partial charge in [-0.05, 0) is 36.1 Å². The monoisotopic (exact) mass is 435 g/mol. The van der Waals surface area contributed by atoms with Crippen molar-refractivity contribution >= 4 is 50.0 Å². The van der Waals surface area contributed by atoms with E-state index in [9.17, 15) is 14.9 Å². The highest BCUT2D eigenvalue weighted by molar-refractivity contribution is 7.98. The molecule has 0 atom stereocenters. The molecule has 1 aromatic heterocycles. The number of fused-ring (bicyclic) bond motifs is 1. The van der Waals surface area contributed by atoms with Gasteiger partial charge in [0.15, 0.2) is 5.13 Å². The van der Waals surface area contributed by atoms with Crippen molar-refractivity contribution < 1.29 is 9.72 Å². The Balaban J connectivity index is 1.76. The number of amides is 1. The fourth-order valence-electron chi connectivity index (χ4n) is 3.07. The number of carbonyl (C=O) groups excluding carboxylic acids is 1. The zero-order chi connectivity index (χ0) is 21.1. The van der Waals surface area contributed by atoms with Crippen molar-refractivity contribution in [3.8, 4) is 0 Å². The number of aromatic nitrogens is 1. The molecule has 0 aliphatic carbocycles. The van der Waals surface area contributed by atoms with E-state index in [0.717, 1.165) is 20.7 Å². The average Bonchev–Trinajstić information content (AvgIpc) is 3.22. The number of thiazole rings is 1. The number of hydrogen-bond donors (Lipinski definition) is 0. The van der Waals surface area contributed by atoms with Gasteiger partial charge in [-0.25, -0.2) is 4.98 Å². The lowest BCUT2D eigenvalue weighted by atomic mass is 10.1. The summed E-state index contributed by atoms with van der Waals surface area (Å²) in [6, 6.07) is 21.3. The van der Waals surface area contributed by atoms with Crippen molar-refractivity contribution in [2.45, 2.75) is 11.4 Å². The van der Waals surface area contributed by atoms with Crippen LogP contribution in [-0.4, -0.2) is 22.1 Å². The van der Waals surface area contributed by atoms with E-state index in [0.29, 0.717) is 17.2 Å². The molecule has 0 unspecified atom stereocenters. The van der Waals surface area contributed by atoms with Gasteiger partial charge in [0, 0.05) is 22.6 Å². The minimum Gasteiger partial charge on any atom is -0.279 e. The maximum atomic E-state index is 13.4. The Morgan fingerprint density at radius 1 is 1.07 bits per heavy atom. The number of rotatable bonds is 6. The van der Waals surface area contributed by atoms with E-state index in [2.05, 4.69) is 0 Å². The molecule has 0 aliphatic rings. The van der Waals surface area contributed by atoms with Crippen LogP contribution in [-0.2, 0) is 6.54 Å². The lowest BCUT2D eigenvalue weighted by Gasteiger charge is -2.20. The van der Waals surface area contributed by atoms with Crippen molar-refractivity contribution in [3.05, 3.63) is 94.0 Å². The highest BCUT2D eigenvalue weighted by atomic mass is 32.2. The first kappa shape index (κ1) is 20.1. The molecule has 4 rings (SSSR count). The van der Waals surface area contributed by atoms with Crippen LogP contribution in [0.1, 0.15) is 15.9 Å². The minimum absolute atomic E-state index is 0.0502. The van der Waals surface area contributed by atoms with Crippen LogP contribution in [0.4, 0.5) is 10.8 Å². The number of nitro groups is 1. The van der Waals surface area contributed by atoms with Gasteiger partial charge in [0.25, 0.3) is 11.6 Å². The summed E-state index contributed by atoms with van der Waals surface area (Å²) in [4.78, 5) is 31.3. The van der Waals surface area contributed by atoms with E-state index in [1.165, 1.54) is 35.6 Å². The van der Waals surface area contributed by atoms with Crippen LogP contribution in [0.15, 0.2) is 77.7 Å². The second-order valence-electron chi connectivity index (χ2n) is 6.48. The number of carbonyl (C=O) groups is 1. The molecule has 6 nitrogen and oxygen atoms in total. The van der Waals surface area contributed by atoms with Gasteiger partial charge >= 0.3 is 0 Å². The zero-order valence-electron chi connectivity index (χ0n) is 16.0. The molecular weight excluding hydrogens is 418 g/mol. The molecule has 30 heavy (non-hydrogen) atoms. The lowest BCUT2D eigenvalue weighted by molar-refractivity contribution is -0.384. The van der Waals surface area contributed by atoms with Crippen LogP contribution in [0.5, 0.6) is 0 Å². The van der Waals surface area contributed by atoms with Gasteiger partial charge in [-0.3, -0.25) is 19.8 Å². The lowest BCUT2D eigenvalue weighted by Crippen LogP contribution is -2.30. The standard InChI is InChI=1S/C22H17N3O3S2/c1-29-18-8-5-9-19-20(18)23-22(30-19)24(14-15-6-3-2-4-7-15)21(26)16-10-12-17(13-11-16)25(27)28/h2-13H,14H2,1H3. The smallest absolute Gasteiger partial charge is 0.269 e. The van der Waals surface area contributed by atoms with Crippen molar-refractivity contribution in [1.29, 1.82) is 0 Å². The molecule has 0 spiro atoms. The molecular formula is C22H17N3O3S2. The number of nitrogens with zero attached hydrogens (tertiary/aromatic N) is 3. The molecule has 0 radical (unpaired) electrons. The van der Waals surface area contributed by atoms with Crippen LogP contribution < -0.4 is 4.90 Å². The largest absolute Gasteiger partial charge is 0.279 e. The van der Waals surface area contributed by atoms with Crippen molar-refractivity contribution in [3.63, 3.8) is 0 Å². The molecule has 0 saturated heterocycles. The molecule has 0 N–H and O–H groups in total. The Bertz CT molecular complexity index is 1210. The van der Waals surface area contributed by atoms with E-state index >= 15 is 0 Å². The number of para-hydroxylation sites is 1. The van der Waals surface area contributed by atoms with Gasteiger partial charge in [0.1, 0.15) is 0 Å². The van der Waals surface area contributed by atoms with E-state index in [1.54, 1.807) is 16.7 Å². The van der Waals surface area contributed by atoms with Gasteiger partial charge < -0.3 is 0 Å². The molecule has 150 valence electrons. The average molecular weight is 436 g/mol. The second kappa shape index (κ2) is 8.64. The Kier molecular flexibility index (Phi) is 5.78. The van der Waals surface area contributed by atoms with Crippen LogP contribution in [0.25, 0.3) is 10.2 Å². The van der Waals surface area contributed by atoms with Crippen molar-refractivity contribution in [2.24, 2.45) is 0 Å². The number of hydrogen-bond acceptors (Lipinski definition) is 6. The molecule has 0 fully saturated rings. The quantitative estimate of drug-likeness (QED) is 0.218. The van der Waals surface area contributed by atoms with Gasteiger partial charge in [-0.15, -0.1) is 11.8 Å². The second-order valence-corrected chi connectivity index (χ2v) is 8.34. The Labute approximate surface area is 181 Å². The van der Waals surface area contributed by atoms with Crippen LogP contribution >= 0.6 is 23.1 Å². The molecule has 3 aromatic carbocycles. The molecule has 4 aromatic rings. The minimum atomic E-state index is -0.479. The third-order valence-electron chi connectivity index (χ3n) is 4.58. The normalized spacial score (nSPS) is 10.8. The third-order valence-corrected chi connectivity index (χ3v) is 6.39. The summed E-state index contributed by atoms with van der Waals surface area (Å²) in [6.07, 6.45) is 2.00.